The van der Waals surface area contributed by atoms with Crippen molar-refractivity contribution in [3.63, 3.8) is 0 Å². The van der Waals surface area contributed by atoms with Crippen LogP contribution in [0.15, 0.2) is 6.33 Å². The fourth-order valence-electron chi connectivity index (χ4n) is 3.35. The summed E-state index contributed by atoms with van der Waals surface area (Å²) in [6, 6.07) is 0. The first-order valence-corrected chi connectivity index (χ1v) is 11.2. The molecule has 0 aliphatic carbocycles. The Labute approximate surface area is 189 Å². The van der Waals surface area contributed by atoms with Gasteiger partial charge in [-0.05, 0) is 6.92 Å². The number of hydrogen-bond donors (Lipinski definition) is 6. The highest BCUT2D eigenvalue weighted by Crippen LogP contribution is 2.54. The maximum atomic E-state index is 13.6. The fourth-order valence-corrected chi connectivity index (χ4v) is 4.24. The predicted molar refractivity (Wildman–Crippen MR) is 105 cm³/mol. The number of halogens is 1. The van der Waals surface area contributed by atoms with Crippen LogP contribution in [0.2, 0.25) is 0 Å². The number of rotatable bonds is 9. The molecule has 18 heteroatoms. The van der Waals surface area contributed by atoms with Gasteiger partial charge in [-0.1, -0.05) is 0 Å². The van der Waals surface area contributed by atoms with E-state index < -0.39 is 68.5 Å². The number of fused-ring (bicyclic) bond motifs is 1. The third-order valence-corrected chi connectivity index (χ3v) is 6.39. The molecule has 1 fully saturated rings. The fraction of sp³-hybridized carbons (Fsp3) is 0.562. The van der Waals surface area contributed by atoms with Crippen LogP contribution >= 0.6 is 7.60 Å². The second-order valence-electron chi connectivity index (χ2n) is 7.18. The number of nitrogen functional groups attached to an aromatic ring is 1. The number of imidazole rings is 1. The van der Waals surface area contributed by atoms with E-state index in [9.17, 15) is 38.5 Å². The van der Waals surface area contributed by atoms with Crippen molar-refractivity contribution in [1.82, 2.24) is 19.5 Å². The molecule has 188 valence electrons. The van der Waals surface area contributed by atoms with E-state index in [1.54, 1.807) is 0 Å². The van der Waals surface area contributed by atoms with Crippen molar-refractivity contribution in [3.8, 4) is 0 Å². The summed E-state index contributed by atoms with van der Waals surface area (Å²) in [5.41, 5.74) is 5.36. The summed E-state index contributed by atoms with van der Waals surface area (Å²) in [4.78, 5) is 53.8. The number of aromatic nitrogens is 4. The lowest BCUT2D eigenvalue weighted by atomic mass is 10.1. The first kappa shape index (κ1) is 25.8. The Balaban J connectivity index is 1.89. The highest BCUT2D eigenvalue weighted by molar-refractivity contribution is 7.54. The minimum Gasteiger partial charge on any atom is -0.481 e. The van der Waals surface area contributed by atoms with E-state index in [2.05, 4.69) is 19.7 Å². The van der Waals surface area contributed by atoms with Gasteiger partial charge in [-0.25, -0.2) is 9.78 Å². The van der Waals surface area contributed by atoms with E-state index in [4.69, 9.17) is 20.3 Å². The van der Waals surface area contributed by atoms with Crippen molar-refractivity contribution in [2.45, 2.75) is 43.2 Å². The molecule has 3 heterocycles. The zero-order valence-corrected chi connectivity index (χ0v) is 18.3. The van der Waals surface area contributed by atoms with Gasteiger partial charge < -0.3 is 45.1 Å². The summed E-state index contributed by atoms with van der Waals surface area (Å²) >= 11 is 0. The SMILES string of the molecule is CCOC(=O)[C@](CC(=O)O)(OC[C@H]1O[C@@H](n2cnc3c(N)nc(F)nc32)C(O)[C@@H]1O)P(=O)(O)O. The number of aliphatic hydroxyl groups is 2. The highest BCUT2D eigenvalue weighted by atomic mass is 31.2. The molecule has 2 aromatic rings. The number of anilines is 1. The molecule has 0 saturated carbocycles. The number of carboxylic acid groups (broad SMARTS) is 1. The van der Waals surface area contributed by atoms with Crippen LogP contribution in [0.1, 0.15) is 19.6 Å². The van der Waals surface area contributed by atoms with E-state index in [-0.39, 0.29) is 23.6 Å². The number of esters is 1. The Morgan fingerprint density at radius 2 is 2.00 bits per heavy atom. The van der Waals surface area contributed by atoms with E-state index in [1.807, 2.05) is 0 Å². The van der Waals surface area contributed by atoms with Gasteiger partial charge in [0.25, 0.3) is 5.34 Å². The molecule has 1 unspecified atom stereocenters. The normalized spacial score (nSPS) is 24.8. The molecule has 0 bridgehead atoms. The van der Waals surface area contributed by atoms with Gasteiger partial charge in [0, 0.05) is 0 Å². The van der Waals surface area contributed by atoms with E-state index in [1.165, 1.54) is 6.92 Å². The van der Waals surface area contributed by atoms with Gasteiger partial charge in [0.2, 0.25) is 0 Å². The summed E-state index contributed by atoms with van der Waals surface area (Å²) in [5.74, 6) is -3.73. The molecule has 34 heavy (non-hydrogen) atoms. The maximum absolute atomic E-state index is 13.6. The van der Waals surface area contributed by atoms with Crippen LogP contribution in [0, 0.1) is 6.08 Å². The van der Waals surface area contributed by atoms with Crippen LogP contribution in [0.3, 0.4) is 0 Å². The van der Waals surface area contributed by atoms with Crippen LogP contribution in [0.25, 0.3) is 11.2 Å². The molecular formula is C16H21FN5O11P. The molecule has 0 amide bonds. The number of ether oxygens (including phenoxy) is 3. The second kappa shape index (κ2) is 9.46. The van der Waals surface area contributed by atoms with Gasteiger partial charge in [-0.15, -0.1) is 0 Å². The molecule has 1 saturated heterocycles. The van der Waals surface area contributed by atoms with Gasteiger partial charge in [-0.3, -0.25) is 13.9 Å². The number of aliphatic hydroxyl groups excluding tert-OH is 2. The molecule has 0 aromatic carbocycles. The summed E-state index contributed by atoms with van der Waals surface area (Å²) in [7, 11) is -5.61. The Bertz CT molecular complexity index is 1140. The molecule has 5 atom stereocenters. The van der Waals surface area contributed by atoms with Crippen LogP contribution in [-0.4, -0.2) is 93.4 Å². The lowest BCUT2D eigenvalue weighted by Gasteiger charge is -2.31. The largest absolute Gasteiger partial charge is 0.481 e. The number of nitrogens with zero attached hydrogens (tertiary/aromatic N) is 4. The predicted octanol–water partition coefficient (Wildman–Crippen LogP) is -1.90. The van der Waals surface area contributed by atoms with Gasteiger partial charge >= 0.3 is 25.6 Å². The van der Waals surface area contributed by atoms with Crippen molar-refractivity contribution in [1.29, 1.82) is 0 Å². The van der Waals surface area contributed by atoms with Crippen molar-refractivity contribution < 1.29 is 57.9 Å². The highest BCUT2D eigenvalue weighted by Gasteiger charge is 2.59. The molecule has 1 aliphatic heterocycles. The molecule has 0 spiro atoms. The Morgan fingerprint density at radius 1 is 1.32 bits per heavy atom. The summed E-state index contributed by atoms with van der Waals surface area (Å²) < 4.78 is 41.9. The van der Waals surface area contributed by atoms with Gasteiger partial charge in [0.15, 0.2) is 23.2 Å². The average Bonchev–Trinajstić information content (AvgIpc) is 3.26. The summed E-state index contributed by atoms with van der Waals surface area (Å²) in [6.07, 6.45) is -8.04. The van der Waals surface area contributed by atoms with Crippen molar-refractivity contribution in [2.24, 2.45) is 0 Å². The maximum Gasteiger partial charge on any atom is 0.369 e. The molecular weight excluding hydrogens is 488 g/mol. The van der Waals surface area contributed by atoms with Gasteiger partial charge in [0.05, 0.1) is 26.0 Å². The average molecular weight is 509 g/mol. The number of hydrogen-bond acceptors (Lipinski definition) is 12. The second-order valence-corrected chi connectivity index (χ2v) is 8.99. The van der Waals surface area contributed by atoms with Gasteiger partial charge in [-0.2, -0.15) is 14.4 Å². The third-order valence-electron chi connectivity index (χ3n) is 4.97. The zero-order chi connectivity index (χ0) is 25.4. The number of carbonyl (C=O) groups is 2. The number of carbonyl (C=O) groups excluding carboxylic acids is 1. The Kier molecular flexibility index (Phi) is 7.18. The minimum atomic E-state index is -5.61. The quantitative estimate of drug-likeness (QED) is 0.123. The molecule has 0 radical (unpaired) electrons. The monoisotopic (exact) mass is 509 g/mol. The third kappa shape index (κ3) is 4.58. The van der Waals surface area contributed by atoms with E-state index in [0.717, 1.165) is 10.9 Å². The topological polar surface area (TPSA) is 250 Å². The number of nitrogens with two attached hydrogens (primary N) is 1. The summed E-state index contributed by atoms with van der Waals surface area (Å²) in [5, 5.41) is 26.7. The number of carboxylic acids is 1. The lowest BCUT2D eigenvalue weighted by molar-refractivity contribution is -0.174. The van der Waals surface area contributed by atoms with Gasteiger partial charge in [0.1, 0.15) is 18.3 Å². The van der Waals surface area contributed by atoms with Crippen LogP contribution in [-0.2, 0) is 28.4 Å². The van der Waals surface area contributed by atoms with E-state index >= 15 is 0 Å². The Hall–Kier alpha value is -2.79. The zero-order valence-electron chi connectivity index (χ0n) is 17.4. The van der Waals surface area contributed by atoms with E-state index in [0.29, 0.717) is 0 Å². The first-order valence-electron chi connectivity index (χ1n) is 9.58. The number of aliphatic carboxylic acids is 1. The molecule has 1 aliphatic rings. The summed E-state index contributed by atoms with van der Waals surface area (Å²) in [6.45, 7) is 0.0225. The van der Waals surface area contributed by atoms with Crippen LogP contribution in [0.5, 0.6) is 0 Å². The van der Waals surface area contributed by atoms with Crippen LogP contribution in [0.4, 0.5) is 10.2 Å². The Morgan fingerprint density at radius 3 is 2.59 bits per heavy atom. The first-order chi connectivity index (χ1) is 15.8. The minimum absolute atomic E-state index is 0.0318. The molecule has 7 N–H and O–H groups in total. The lowest BCUT2D eigenvalue weighted by Crippen LogP contribution is -2.47. The van der Waals surface area contributed by atoms with Crippen molar-refractivity contribution >= 4 is 36.5 Å². The van der Waals surface area contributed by atoms with Crippen LogP contribution < -0.4 is 5.73 Å². The van der Waals surface area contributed by atoms with Crippen molar-refractivity contribution in [2.75, 3.05) is 18.9 Å². The molecule has 3 rings (SSSR count). The van der Waals surface area contributed by atoms with Crippen molar-refractivity contribution in [3.05, 3.63) is 12.4 Å². The molecule has 2 aromatic heterocycles. The molecule has 16 nitrogen and oxygen atoms in total. The smallest absolute Gasteiger partial charge is 0.369 e. The standard InChI is InChI=1S/C16H21FN5O11P/c1-2-31-14(27)16(3-7(23)24,34(28,29)30)32-4-6-9(25)10(26)13(33-6)22-5-19-8-11(18)20-15(17)21-12(8)22/h5-6,9-10,13,25-26H,2-4H2,1H3,(H,23,24)(H2,18,20,21)(H2,28,29,30)/t6-,9-,10?,13-,16-/m1/s1.